The first kappa shape index (κ1) is 18.3. The minimum Gasteiger partial charge on any atom is -0.496 e. The summed E-state index contributed by atoms with van der Waals surface area (Å²) in [6.45, 7) is 2.99. The van der Waals surface area contributed by atoms with Crippen molar-refractivity contribution in [2.45, 2.75) is 38.3 Å². The first-order valence-electron chi connectivity index (χ1n) is 7.66. The van der Waals surface area contributed by atoms with Gasteiger partial charge in [-0.3, -0.25) is 4.90 Å². The van der Waals surface area contributed by atoms with E-state index in [2.05, 4.69) is 37.3 Å². The van der Waals surface area contributed by atoms with Crippen molar-refractivity contribution in [1.82, 2.24) is 4.90 Å². The van der Waals surface area contributed by atoms with E-state index in [0.717, 1.165) is 18.7 Å². The van der Waals surface area contributed by atoms with E-state index in [9.17, 15) is 0 Å². The summed E-state index contributed by atoms with van der Waals surface area (Å²) in [5.41, 5.74) is 7.23. The van der Waals surface area contributed by atoms with E-state index in [4.69, 9.17) is 10.5 Å². The van der Waals surface area contributed by atoms with Gasteiger partial charge >= 0.3 is 0 Å². The van der Waals surface area contributed by atoms with Crippen molar-refractivity contribution in [2.24, 2.45) is 5.73 Å². The lowest BCUT2D eigenvalue weighted by Crippen LogP contribution is -2.44. The van der Waals surface area contributed by atoms with Gasteiger partial charge in [0.1, 0.15) is 5.75 Å². The lowest BCUT2D eigenvalue weighted by Gasteiger charge is -2.33. The summed E-state index contributed by atoms with van der Waals surface area (Å²) in [6, 6.07) is 9.17. The monoisotopic (exact) mass is 310 g/mol. The topological polar surface area (TPSA) is 38.5 Å². The molecule has 0 saturated carbocycles. The Balaban J connectivity index is 2.61. The molecule has 0 bridgehead atoms. The van der Waals surface area contributed by atoms with Crippen LogP contribution in [0.25, 0.3) is 0 Å². The highest BCUT2D eigenvalue weighted by molar-refractivity contribution is 7.98. The molecular formula is C17H30N2OS. The van der Waals surface area contributed by atoms with E-state index >= 15 is 0 Å². The van der Waals surface area contributed by atoms with E-state index in [1.54, 1.807) is 7.11 Å². The molecule has 1 aromatic carbocycles. The van der Waals surface area contributed by atoms with Crippen LogP contribution < -0.4 is 10.5 Å². The molecule has 1 rings (SSSR count). The standard InChI is InChI=1S/C17H30N2OS/c1-14(12-15-8-5-6-10-17(15)20-3)19(2)16(13-18)9-7-11-21-4/h5-6,8,10,14,16H,7,9,11-13,18H2,1-4H3. The number of thioether (sulfide) groups is 1. The average Bonchev–Trinajstić information content (AvgIpc) is 2.51. The summed E-state index contributed by atoms with van der Waals surface area (Å²) < 4.78 is 5.45. The van der Waals surface area contributed by atoms with Gasteiger partial charge in [0.2, 0.25) is 0 Å². The van der Waals surface area contributed by atoms with Gasteiger partial charge < -0.3 is 10.5 Å². The molecule has 0 fully saturated rings. The normalized spacial score (nSPS) is 14.2. The number of nitrogens with zero attached hydrogens (tertiary/aromatic N) is 1. The van der Waals surface area contributed by atoms with Crippen LogP contribution in [0.4, 0.5) is 0 Å². The van der Waals surface area contributed by atoms with Gasteiger partial charge in [-0.1, -0.05) is 18.2 Å². The molecule has 2 atom stereocenters. The Bertz CT molecular complexity index is 400. The number of hydrogen-bond donors (Lipinski definition) is 1. The smallest absolute Gasteiger partial charge is 0.122 e. The fourth-order valence-corrected chi connectivity index (χ4v) is 3.10. The molecule has 21 heavy (non-hydrogen) atoms. The predicted molar refractivity (Wildman–Crippen MR) is 94.4 cm³/mol. The Morgan fingerprint density at radius 2 is 2.05 bits per heavy atom. The molecule has 2 N–H and O–H groups in total. The molecule has 0 radical (unpaired) electrons. The van der Waals surface area contributed by atoms with Gasteiger partial charge in [0.25, 0.3) is 0 Å². The zero-order valence-electron chi connectivity index (χ0n) is 13.8. The minimum atomic E-state index is 0.448. The number of likely N-dealkylation sites (N-methyl/N-ethyl adjacent to an activating group) is 1. The Morgan fingerprint density at radius 1 is 1.33 bits per heavy atom. The molecule has 1 aromatic rings. The third kappa shape index (κ3) is 5.89. The van der Waals surface area contributed by atoms with E-state index in [-0.39, 0.29) is 0 Å². The fraction of sp³-hybridized carbons (Fsp3) is 0.647. The maximum atomic E-state index is 5.97. The second-order valence-corrected chi connectivity index (χ2v) is 6.54. The van der Waals surface area contributed by atoms with Crippen LogP contribution in [0.1, 0.15) is 25.3 Å². The van der Waals surface area contributed by atoms with Crippen molar-refractivity contribution >= 4 is 11.8 Å². The SMILES string of the molecule is COc1ccccc1CC(C)N(C)C(CN)CCCSC. The summed E-state index contributed by atoms with van der Waals surface area (Å²) in [4.78, 5) is 2.42. The largest absolute Gasteiger partial charge is 0.496 e. The van der Waals surface area contributed by atoms with Crippen LogP contribution in [0.15, 0.2) is 24.3 Å². The summed E-state index contributed by atoms with van der Waals surface area (Å²) in [6.07, 6.45) is 5.55. The van der Waals surface area contributed by atoms with Crippen LogP contribution in [-0.2, 0) is 6.42 Å². The number of methoxy groups -OCH3 is 1. The van der Waals surface area contributed by atoms with Gasteiger partial charge in [0.05, 0.1) is 7.11 Å². The molecule has 0 aromatic heterocycles. The van der Waals surface area contributed by atoms with Crippen LogP contribution in [0, 0.1) is 0 Å². The Morgan fingerprint density at radius 3 is 2.67 bits per heavy atom. The molecule has 0 aliphatic rings. The molecule has 0 heterocycles. The Labute approximate surface area is 134 Å². The second kappa shape index (κ2) is 10.1. The quantitative estimate of drug-likeness (QED) is 0.674. The van der Waals surface area contributed by atoms with Crippen LogP contribution in [0.2, 0.25) is 0 Å². The molecule has 0 aliphatic carbocycles. The van der Waals surface area contributed by atoms with Crippen molar-refractivity contribution in [1.29, 1.82) is 0 Å². The molecule has 0 spiro atoms. The van der Waals surface area contributed by atoms with Gasteiger partial charge in [-0.2, -0.15) is 11.8 Å². The van der Waals surface area contributed by atoms with E-state index < -0.39 is 0 Å². The molecule has 2 unspecified atom stereocenters. The van der Waals surface area contributed by atoms with Gasteiger partial charge in [0, 0.05) is 18.6 Å². The lowest BCUT2D eigenvalue weighted by molar-refractivity contribution is 0.177. The molecule has 0 aliphatic heterocycles. The third-order valence-corrected chi connectivity index (χ3v) is 4.83. The van der Waals surface area contributed by atoms with Crippen LogP contribution in [0.3, 0.4) is 0 Å². The number of benzene rings is 1. The van der Waals surface area contributed by atoms with Crippen LogP contribution >= 0.6 is 11.8 Å². The lowest BCUT2D eigenvalue weighted by atomic mass is 10.0. The molecular weight excluding hydrogens is 280 g/mol. The van der Waals surface area contributed by atoms with Crippen molar-refractivity contribution in [3.63, 3.8) is 0 Å². The van der Waals surface area contributed by atoms with Crippen molar-refractivity contribution in [3.8, 4) is 5.75 Å². The van der Waals surface area contributed by atoms with E-state index in [1.165, 1.54) is 24.2 Å². The van der Waals surface area contributed by atoms with E-state index in [1.807, 2.05) is 23.9 Å². The predicted octanol–water partition coefficient (Wildman–Crippen LogP) is 3.03. The fourth-order valence-electron chi connectivity index (χ4n) is 2.64. The van der Waals surface area contributed by atoms with Gasteiger partial charge in [-0.05, 0) is 56.9 Å². The molecule has 0 saturated heterocycles. The van der Waals surface area contributed by atoms with Gasteiger partial charge in [-0.25, -0.2) is 0 Å². The van der Waals surface area contributed by atoms with Crippen molar-refractivity contribution in [2.75, 3.05) is 32.7 Å². The molecule has 4 heteroatoms. The number of hydrogen-bond acceptors (Lipinski definition) is 4. The highest BCUT2D eigenvalue weighted by Crippen LogP contribution is 2.21. The second-order valence-electron chi connectivity index (χ2n) is 5.56. The maximum absolute atomic E-state index is 5.97. The van der Waals surface area contributed by atoms with Crippen LogP contribution in [0.5, 0.6) is 5.75 Å². The first-order valence-corrected chi connectivity index (χ1v) is 9.06. The van der Waals surface area contributed by atoms with Crippen molar-refractivity contribution < 1.29 is 4.74 Å². The minimum absolute atomic E-state index is 0.448. The summed E-state index contributed by atoms with van der Waals surface area (Å²) in [5, 5.41) is 0. The number of ether oxygens (including phenoxy) is 1. The molecule has 0 amide bonds. The highest BCUT2D eigenvalue weighted by atomic mass is 32.2. The zero-order chi connectivity index (χ0) is 15.7. The maximum Gasteiger partial charge on any atom is 0.122 e. The van der Waals surface area contributed by atoms with Crippen LogP contribution in [-0.4, -0.2) is 49.7 Å². The Hall–Kier alpha value is -0.710. The number of nitrogens with two attached hydrogens (primary N) is 1. The Kier molecular flexibility index (Phi) is 8.81. The van der Waals surface area contributed by atoms with Crippen molar-refractivity contribution in [3.05, 3.63) is 29.8 Å². The third-order valence-electron chi connectivity index (χ3n) is 4.14. The molecule has 3 nitrogen and oxygen atoms in total. The highest BCUT2D eigenvalue weighted by Gasteiger charge is 2.19. The molecule has 120 valence electrons. The zero-order valence-corrected chi connectivity index (χ0v) is 14.7. The average molecular weight is 311 g/mol. The van der Waals surface area contributed by atoms with Gasteiger partial charge in [-0.15, -0.1) is 0 Å². The number of para-hydroxylation sites is 1. The summed E-state index contributed by atoms with van der Waals surface area (Å²) in [7, 11) is 3.93. The first-order chi connectivity index (χ1) is 10.1. The summed E-state index contributed by atoms with van der Waals surface area (Å²) in [5.74, 6) is 2.19. The van der Waals surface area contributed by atoms with E-state index in [0.29, 0.717) is 12.1 Å². The van der Waals surface area contributed by atoms with Gasteiger partial charge in [0.15, 0.2) is 0 Å². The number of rotatable bonds is 10. The summed E-state index contributed by atoms with van der Waals surface area (Å²) >= 11 is 1.91.